The Balaban J connectivity index is 2.75. The molecule has 0 aliphatic rings. The number of nitrogens with one attached hydrogen (secondary N) is 1. The van der Waals surface area contributed by atoms with Crippen LogP contribution in [0.25, 0.3) is 0 Å². The van der Waals surface area contributed by atoms with E-state index in [0.717, 1.165) is 0 Å². The summed E-state index contributed by atoms with van der Waals surface area (Å²) in [6, 6.07) is 0. The van der Waals surface area contributed by atoms with Gasteiger partial charge in [0.15, 0.2) is 0 Å². The summed E-state index contributed by atoms with van der Waals surface area (Å²) >= 11 is 0. The van der Waals surface area contributed by atoms with E-state index in [0.29, 0.717) is 19.5 Å². The molecule has 0 atom stereocenters. The van der Waals surface area contributed by atoms with Gasteiger partial charge in [0, 0.05) is 25.9 Å². The van der Waals surface area contributed by atoms with Gasteiger partial charge in [0.2, 0.25) is 10.0 Å². The Bertz CT molecular complexity index is 399. The summed E-state index contributed by atoms with van der Waals surface area (Å²) in [6.45, 7) is 2.64. The SMILES string of the molecule is CCNS(=O)(=O)c1cnn(CCCO)c1. The number of rotatable bonds is 6. The van der Waals surface area contributed by atoms with Crippen molar-refractivity contribution >= 4 is 10.0 Å². The van der Waals surface area contributed by atoms with Crippen LogP contribution in [-0.2, 0) is 16.6 Å². The van der Waals surface area contributed by atoms with Crippen LogP contribution in [0.15, 0.2) is 17.3 Å². The Morgan fingerprint density at radius 3 is 2.93 bits per heavy atom. The fourth-order valence-electron chi connectivity index (χ4n) is 1.11. The van der Waals surface area contributed by atoms with Gasteiger partial charge in [0.05, 0.1) is 6.20 Å². The molecule has 0 aromatic carbocycles. The first-order chi connectivity index (χ1) is 7.10. The second-order valence-electron chi connectivity index (χ2n) is 3.02. The zero-order valence-corrected chi connectivity index (χ0v) is 9.37. The summed E-state index contributed by atoms with van der Waals surface area (Å²) in [5, 5.41) is 12.5. The first kappa shape index (κ1) is 12.2. The van der Waals surface area contributed by atoms with Crippen LogP contribution in [0.4, 0.5) is 0 Å². The maximum absolute atomic E-state index is 11.5. The molecule has 2 N–H and O–H groups in total. The second kappa shape index (κ2) is 5.24. The van der Waals surface area contributed by atoms with Gasteiger partial charge in [-0.25, -0.2) is 13.1 Å². The summed E-state index contributed by atoms with van der Waals surface area (Å²) in [5.41, 5.74) is 0. The number of aromatic nitrogens is 2. The van der Waals surface area contributed by atoms with Gasteiger partial charge in [-0.05, 0) is 6.42 Å². The predicted molar refractivity (Wildman–Crippen MR) is 54.8 cm³/mol. The van der Waals surface area contributed by atoms with Crippen LogP contribution in [0.5, 0.6) is 0 Å². The lowest BCUT2D eigenvalue weighted by Gasteiger charge is -2.00. The third kappa shape index (κ3) is 3.29. The van der Waals surface area contributed by atoms with Gasteiger partial charge >= 0.3 is 0 Å². The van der Waals surface area contributed by atoms with E-state index in [-0.39, 0.29) is 11.5 Å². The van der Waals surface area contributed by atoms with E-state index >= 15 is 0 Å². The van der Waals surface area contributed by atoms with E-state index in [1.54, 1.807) is 6.92 Å². The van der Waals surface area contributed by atoms with E-state index in [1.807, 2.05) is 0 Å². The molecule has 0 saturated carbocycles. The average Bonchev–Trinajstić information content (AvgIpc) is 2.63. The Hall–Kier alpha value is -0.920. The summed E-state index contributed by atoms with van der Waals surface area (Å²) in [6.07, 6.45) is 3.31. The topological polar surface area (TPSA) is 84.2 Å². The Labute approximate surface area is 89.0 Å². The number of sulfonamides is 1. The summed E-state index contributed by atoms with van der Waals surface area (Å²) in [5.74, 6) is 0. The van der Waals surface area contributed by atoms with E-state index < -0.39 is 10.0 Å². The Morgan fingerprint density at radius 1 is 1.60 bits per heavy atom. The predicted octanol–water partition coefficient (Wildman–Crippen LogP) is -0.436. The van der Waals surface area contributed by atoms with Crippen molar-refractivity contribution in [3.8, 4) is 0 Å². The van der Waals surface area contributed by atoms with Gasteiger partial charge in [-0.15, -0.1) is 0 Å². The smallest absolute Gasteiger partial charge is 0.243 e. The molecular weight excluding hydrogens is 218 g/mol. The summed E-state index contributed by atoms with van der Waals surface area (Å²) < 4.78 is 26.9. The fraction of sp³-hybridized carbons (Fsp3) is 0.625. The van der Waals surface area contributed by atoms with Crippen LogP contribution in [0.3, 0.4) is 0 Å². The number of nitrogens with zero attached hydrogens (tertiary/aromatic N) is 2. The number of hydrogen-bond acceptors (Lipinski definition) is 4. The lowest BCUT2D eigenvalue weighted by atomic mass is 10.5. The Kier molecular flexibility index (Phi) is 4.25. The van der Waals surface area contributed by atoms with Gasteiger partial charge in [-0.1, -0.05) is 6.92 Å². The quantitative estimate of drug-likeness (QED) is 0.698. The van der Waals surface area contributed by atoms with Crippen molar-refractivity contribution in [2.24, 2.45) is 0 Å². The third-order valence-electron chi connectivity index (χ3n) is 1.80. The molecule has 86 valence electrons. The normalized spacial score (nSPS) is 11.9. The van der Waals surface area contributed by atoms with Crippen LogP contribution in [0, 0.1) is 0 Å². The number of aliphatic hydroxyl groups is 1. The first-order valence-electron chi connectivity index (χ1n) is 4.73. The van der Waals surface area contributed by atoms with E-state index in [4.69, 9.17) is 5.11 Å². The molecule has 0 bridgehead atoms. The monoisotopic (exact) mass is 233 g/mol. The minimum Gasteiger partial charge on any atom is -0.396 e. The van der Waals surface area contributed by atoms with Crippen molar-refractivity contribution in [3.05, 3.63) is 12.4 Å². The molecule has 1 rings (SSSR count). The molecule has 7 heteroatoms. The zero-order valence-electron chi connectivity index (χ0n) is 8.55. The lowest BCUT2D eigenvalue weighted by molar-refractivity contribution is 0.277. The van der Waals surface area contributed by atoms with E-state index in [9.17, 15) is 8.42 Å². The molecule has 0 spiro atoms. The number of aryl methyl sites for hydroxylation is 1. The number of aliphatic hydroxyl groups excluding tert-OH is 1. The van der Waals surface area contributed by atoms with Crippen LogP contribution in [0.2, 0.25) is 0 Å². The highest BCUT2D eigenvalue weighted by Crippen LogP contribution is 2.06. The largest absolute Gasteiger partial charge is 0.396 e. The van der Waals surface area contributed by atoms with Crippen molar-refractivity contribution in [1.29, 1.82) is 0 Å². The van der Waals surface area contributed by atoms with Crippen LogP contribution < -0.4 is 4.72 Å². The van der Waals surface area contributed by atoms with Crippen molar-refractivity contribution in [3.63, 3.8) is 0 Å². The molecule has 0 saturated heterocycles. The van der Waals surface area contributed by atoms with E-state index in [1.165, 1.54) is 17.1 Å². The van der Waals surface area contributed by atoms with Crippen molar-refractivity contribution in [1.82, 2.24) is 14.5 Å². The van der Waals surface area contributed by atoms with Gasteiger partial charge in [0.1, 0.15) is 4.90 Å². The third-order valence-corrected chi connectivity index (χ3v) is 3.30. The molecular formula is C8H15N3O3S. The van der Waals surface area contributed by atoms with Crippen molar-refractivity contribution in [2.75, 3.05) is 13.2 Å². The average molecular weight is 233 g/mol. The molecule has 0 radical (unpaired) electrons. The Morgan fingerprint density at radius 2 is 2.33 bits per heavy atom. The summed E-state index contributed by atoms with van der Waals surface area (Å²) in [7, 11) is -3.41. The minimum absolute atomic E-state index is 0.0646. The lowest BCUT2D eigenvalue weighted by Crippen LogP contribution is -2.22. The van der Waals surface area contributed by atoms with Crippen LogP contribution in [-0.4, -0.2) is 36.5 Å². The molecule has 0 amide bonds. The molecule has 0 aliphatic heterocycles. The second-order valence-corrected chi connectivity index (χ2v) is 4.78. The summed E-state index contributed by atoms with van der Waals surface area (Å²) in [4.78, 5) is 0.155. The van der Waals surface area contributed by atoms with Crippen LogP contribution in [0.1, 0.15) is 13.3 Å². The van der Waals surface area contributed by atoms with Crippen molar-refractivity contribution in [2.45, 2.75) is 24.8 Å². The van der Waals surface area contributed by atoms with Gasteiger partial charge in [-0.2, -0.15) is 5.10 Å². The molecule has 0 fully saturated rings. The minimum atomic E-state index is -3.41. The van der Waals surface area contributed by atoms with Crippen LogP contribution >= 0.6 is 0 Å². The highest BCUT2D eigenvalue weighted by molar-refractivity contribution is 7.89. The first-order valence-corrected chi connectivity index (χ1v) is 6.21. The molecule has 0 unspecified atom stereocenters. The fourth-order valence-corrected chi connectivity index (χ4v) is 2.10. The van der Waals surface area contributed by atoms with Crippen molar-refractivity contribution < 1.29 is 13.5 Å². The molecule has 1 aromatic heterocycles. The number of hydrogen-bond donors (Lipinski definition) is 2. The molecule has 1 aromatic rings. The molecule has 15 heavy (non-hydrogen) atoms. The van der Waals surface area contributed by atoms with Gasteiger partial charge in [-0.3, -0.25) is 4.68 Å². The molecule has 6 nitrogen and oxygen atoms in total. The van der Waals surface area contributed by atoms with Gasteiger partial charge < -0.3 is 5.11 Å². The maximum atomic E-state index is 11.5. The molecule has 1 heterocycles. The maximum Gasteiger partial charge on any atom is 0.243 e. The zero-order chi connectivity index (χ0) is 11.3. The van der Waals surface area contributed by atoms with Gasteiger partial charge in [0.25, 0.3) is 0 Å². The molecule has 0 aliphatic carbocycles. The highest BCUT2D eigenvalue weighted by Gasteiger charge is 2.14. The van der Waals surface area contributed by atoms with E-state index in [2.05, 4.69) is 9.82 Å². The highest BCUT2D eigenvalue weighted by atomic mass is 32.2. The standard InChI is InChI=1S/C8H15N3O3S/c1-2-10-15(13,14)8-6-9-11(7-8)4-3-5-12/h6-7,10,12H,2-5H2,1H3.